The fraction of sp³-hybridized carbons (Fsp3) is 0.533. The van der Waals surface area contributed by atoms with Crippen LogP contribution in [0.4, 0.5) is 0 Å². The highest BCUT2D eigenvalue weighted by atomic mass is 35.5. The van der Waals surface area contributed by atoms with Crippen LogP contribution < -0.4 is 0 Å². The van der Waals surface area contributed by atoms with Crippen molar-refractivity contribution in [3.05, 3.63) is 35.9 Å². The molecule has 0 spiro atoms. The fourth-order valence-corrected chi connectivity index (χ4v) is 2.68. The van der Waals surface area contributed by atoms with E-state index in [1.165, 1.54) is 5.56 Å². The number of carbonyl (C=O) groups excluding carboxylic acids is 1. The molecule has 0 unspecified atom stereocenters. The van der Waals surface area contributed by atoms with E-state index in [0.717, 1.165) is 32.5 Å². The van der Waals surface area contributed by atoms with Crippen molar-refractivity contribution in [3.63, 3.8) is 0 Å². The number of Topliss-reactive ketones (excluding diaryl/α,β-unsaturated/α-hetero) is 1. The molecule has 0 aromatic heterocycles. The molecule has 1 fully saturated rings. The van der Waals surface area contributed by atoms with Crippen molar-refractivity contribution in [2.45, 2.75) is 25.8 Å². The van der Waals surface area contributed by atoms with Crippen molar-refractivity contribution in [2.24, 2.45) is 5.92 Å². The molecule has 1 heterocycles. The van der Waals surface area contributed by atoms with Crippen molar-refractivity contribution in [2.75, 3.05) is 19.0 Å². The minimum atomic E-state index is 0.171. The maximum atomic E-state index is 11.3. The minimum absolute atomic E-state index is 0.171. The van der Waals surface area contributed by atoms with Crippen LogP contribution in [0.3, 0.4) is 0 Å². The Balaban J connectivity index is 1.75. The quantitative estimate of drug-likeness (QED) is 0.763. The van der Waals surface area contributed by atoms with Crippen molar-refractivity contribution in [3.8, 4) is 0 Å². The molecule has 2 nitrogen and oxygen atoms in total. The zero-order valence-corrected chi connectivity index (χ0v) is 11.4. The zero-order valence-electron chi connectivity index (χ0n) is 10.6. The minimum Gasteiger partial charge on any atom is -0.299 e. The molecule has 0 aliphatic carbocycles. The van der Waals surface area contributed by atoms with E-state index in [9.17, 15) is 4.79 Å². The van der Waals surface area contributed by atoms with Gasteiger partial charge < -0.3 is 0 Å². The summed E-state index contributed by atoms with van der Waals surface area (Å²) >= 11 is 5.55. The molecular weight excluding hydrogens is 246 g/mol. The largest absolute Gasteiger partial charge is 0.299 e. The van der Waals surface area contributed by atoms with Gasteiger partial charge >= 0.3 is 0 Å². The van der Waals surface area contributed by atoms with Gasteiger partial charge in [0.05, 0.1) is 5.88 Å². The van der Waals surface area contributed by atoms with Crippen molar-refractivity contribution in [1.82, 2.24) is 4.90 Å². The molecule has 18 heavy (non-hydrogen) atoms. The van der Waals surface area contributed by atoms with Gasteiger partial charge in [-0.3, -0.25) is 9.69 Å². The lowest BCUT2D eigenvalue weighted by Gasteiger charge is -2.31. The first kappa shape index (κ1) is 13.6. The van der Waals surface area contributed by atoms with Crippen LogP contribution in [0.2, 0.25) is 0 Å². The molecule has 3 heteroatoms. The van der Waals surface area contributed by atoms with Gasteiger partial charge in [-0.2, -0.15) is 0 Å². The third kappa shape index (κ3) is 4.11. The summed E-state index contributed by atoms with van der Waals surface area (Å²) in [7, 11) is 0. The van der Waals surface area contributed by atoms with Crippen LogP contribution in [0.25, 0.3) is 0 Å². The molecule has 0 amide bonds. The van der Waals surface area contributed by atoms with E-state index in [1.54, 1.807) is 0 Å². The van der Waals surface area contributed by atoms with Crippen LogP contribution in [0.1, 0.15) is 24.8 Å². The normalized spacial score (nSPS) is 17.8. The van der Waals surface area contributed by atoms with Crippen molar-refractivity contribution >= 4 is 17.4 Å². The van der Waals surface area contributed by atoms with Gasteiger partial charge in [-0.05, 0) is 37.4 Å². The van der Waals surface area contributed by atoms with Crippen LogP contribution in [-0.2, 0) is 11.3 Å². The molecule has 0 bridgehead atoms. The van der Waals surface area contributed by atoms with Gasteiger partial charge in [0.25, 0.3) is 0 Å². The Bertz CT molecular complexity index is 371. The zero-order chi connectivity index (χ0) is 12.8. The monoisotopic (exact) mass is 265 g/mol. The molecule has 1 aliphatic heterocycles. The van der Waals surface area contributed by atoms with E-state index in [1.807, 2.05) is 6.07 Å². The summed E-state index contributed by atoms with van der Waals surface area (Å²) in [5.74, 6) is 0.908. The first-order valence-electron chi connectivity index (χ1n) is 6.62. The molecular formula is C15H20ClNO. The number of likely N-dealkylation sites (tertiary alicyclic amines) is 1. The molecule has 0 N–H and O–H groups in total. The lowest BCUT2D eigenvalue weighted by molar-refractivity contribution is -0.117. The Labute approximate surface area is 114 Å². The lowest BCUT2D eigenvalue weighted by atomic mass is 9.92. The highest BCUT2D eigenvalue weighted by molar-refractivity contribution is 6.27. The maximum Gasteiger partial charge on any atom is 0.147 e. The number of nitrogens with zero attached hydrogens (tertiary/aromatic N) is 1. The van der Waals surface area contributed by atoms with Crippen LogP contribution in [-0.4, -0.2) is 29.7 Å². The van der Waals surface area contributed by atoms with E-state index in [2.05, 4.69) is 29.2 Å². The second kappa shape index (κ2) is 6.91. The molecule has 2 rings (SSSR count). The van der Waals surface area contributed by atoms with Gasteiger partial charge in [-0.1, -0.05) is 30.3 Å². The second-order valence-corrected chi connectivity index (χ2v) is 5.35. The summed E-state index contributed by atoms with van der Waals surface area (Å²) in [5.41, 5.74) is 1.37. The Kier molecular flexibility index (Phi) is 5.21. The number of piperidine rings is 1. The van der Waals surface area contributed by atoms with Crippen molar-refractivity contribution < 1.29 is 4.79 Å². The number of hydrogen-bond donors (Lipinski definition) is 0. The summed E-state index contributed by atoms with van der Waals surface area (Å²) in [6.45, 7) is 3.21. The van der Waals surface area contributed by atoms with Gasteiger partial charge in [0.2, 0.25) is 0 Å². The van der Waals surface area contributed by atoms with E-state index >= 15 is 0 Å². The second-order valence-electron chi connectivity index (χ2n) is 5.08. The van der Waals surface area contributed by atoms with Crippen LogP contribution >= 0.6 is 11.6 Å². The molecule has 98 valence electrons. The standard InChI is InChI=1S/C15H20ClNO/c16-11-15(18)10-13-6-8-17(9-7-13)12-14-4-2-1-3-5-14/h1-5,13H,6-12H2. The fourth-order valence-electron chi connectivity index (χ4n) is 2.57. The summed E-state index contributed by atoms with van der Waals surface area (Å²) in [4.78, 5) is 13.8. The summed E-state index contributed by atoms with van der Waals surface area (Å²) in [6, 6.07) is 10.6. The first-order chi connectivity index (χ1) is 8.78. The van der Waals surface area contributed by atoms with E-state index in [-0.39, 0.29) is 11.7 Å². The Morgan fingerprint density at radius 3 is 2.50 bits per heavy atom. The Morgan fingerprint density at radius 1 is 1.22 bits per heavy atom. The number of ketones is 1. The Morgan fingerprint density at radius 2 is 1.89 bits per heavy atom. The topological polar surface area (TPSA) is 20.3 Å². The van der Waals surface area contributed by atoms with Crippen LogP contribution in [0, 0.1) is 5.92 Å². The van der Waals surface area contributed by atoms with Gasteiger partial charge in [-0.15, -0.1) is 11.6 Å². The third-order valence-corrected chi connectivity index (χ3v) is 3.92. The van der Waals surface area contributed by atoms with Gasteiger partial charge in [0.15, 0.2) is 0 Å². The molecule has 0 atom stereocenters. The first-order valence-corrected chi connectivity index (χ1v) is 7.15. The van der Waals surface area contributed by atoms with Gasteiger partial charge in [0.1, 0.15) is 5.78 Å². The van der Waals surface area contributed by atoms with Gasteiger partial charge in [-0.25, -0.2) is 0 Å². The lowest BCUT2D eigenvalue weighted by Crippen LogP contribution is -2.34. The molecule has 1 aromatic rings. The maximum absolute atomic E-state index is 11.3. The Hall–Kier alpha value is -0.860. The number of hydrogen-bond acceptors (Lipinski definition) is 2. The number of halogens is 1. The van der Waals surface area contributed by atoms with E-state index in [0.29, 0.717) is 12.3 Å². The molecule has 1 aromatic carbocycles. The summed E-state index contributed by atoms with van der Waals surface area (Å²) in [6.07, 6.45) is 2.91. The number of alkyl halides is 1. The number of carbonyl (C=O) groups is 1. The molecule has 0 saturated carbocycles. The molecule has 1 saturated heterocycles. The average Bonchev–Trinajstić information content (AvgIpc) is 2.42. The third-order valence-electron chi connectivity index (χ3n) is 3.62. The predicted octanol–water partition coefficient (Wildman–Crippen LogP) is 3.10. The number of rotatable bonds is 5. The van der Waals surface area contributed by atoms with Crippen LogP contribution in [0.15, 0.2) is 30.3 Å². The smallest absolute Gasteiger partial charge is 0.147 e. The molecule has 1 aliphatic rings. The average molecular weight is 266 g/mol. The predicted molar refractivity (Wildman–Crippen MR) is 74.8 cm³/mol. The van der Waals surface area contributed by atoms with E-state index in [4.69, 9.17) is 11.6 Å². The van der Waals surface area contributed by atoms with E-state index < -0.39 is 0 Å². The summed E-state index contributed by atoms with van der Waals surface area (Å²) < 4.78 is 0. The molecule has 0 radical (unpaired) electrons. The highest BCUT2D eigenvalue weighted by Crippen LogP contribution is 2.22. The van der Waals surface area contributed by atoms with Gasteiger partial charge in [0, 0.05) is 13.0 Å². The summed E-state index contributed by atoms with van der Waals surface area (Å²) in [5, 5.41) is 0. The van der Waals surface area contributed by atoms with Crippen molar-refractivity contribution in [1.29, 1.82) is 0 Å². The highest BCUT2D eigenvalue weighted by Gasteiger charge is 2.20. The van der Waals surface area contributed by atoms with Crippen LogP contribution in [0.5, 0.6) is 0 Å². The SMILES string of the molecule is O=C(CCl)CC1CCN(Cc2ccccc2)CC1. The number of benzene rings is 1.